The van der Waals surface area contributed by atoms with E-state index in [2.05, 4.69) is 10.2 Å². The van der Waals surface area contributed by atoms with Crippen LogP contribution in [0, 0.1) is 0 Å². The molecule has 0 heterocycles. The quantitative estimate of drug-likeness (QED) is 0.563. The lowest BCUT2D eigenvalue weighted by Crippen LogP contribution is -2.25. The van der Waals surface area contributed by atoms with Gasteiger partial charge in [-0.2, -0.15) is 0 Å². The number of amides is 1. The molecular formula is C21H26N2O2. The zero-order valence-electron chi connectivity index (χ0n) is 14.9. The highest BCUT2D eigenvalue weighted by Crippen LogP contribution is 2.15. The molecule has 0 aliphatic rings. The van der Waals surface area contributed by atoms with Crippen LogP contribution in [0.2, 0.25) is 0 Å². The Balaban J connectivity index is 1.74. The number of nitrogens with zero attached hydrogens (tertiary/aromatic N) is 1. The summed E-state index contributed by atoms with van der Waals surface area (Å²) in [6.07, 6.45) is 4.32. The molecule has 4 heteroatoms. The van der Waals surface area contributed by atoms with Crippen molar-refractivity contribution >= 4 is 12.0 Å². The minimum Gasteiger partial charge on any atom is -0.489 e. The Morgan fingerprint density at radius 2 is 1.80 bits per heavy atom. The van der Waals surface area contributed by atoms with Gasteiger partial charge in [0.05, 0.1) is 0 Å². The molecule has 1 amide bonds. The highest BCUT2D eigenvalue weighted by Gasteiger charge is 1.98. The summed E-state index contributed by atoms with van der Waals surface area (Å²) in [7, 11) is 4.05. The van der Waals surface area contributed by atoms with Crippen LogP contribution in [0.25, 0.3) is 6.08 Å². The van der Waals surface area contributed by atoms with E-state index in [1.807, 2.05) is 74.8 Å². The van der Waals surface area contributed by atoms with Gasteiger partial charge in [-0.3, -0.25) is 4.79 Å². The van der Waals surface area contributed by atoms with Gasteiger partial charge in [0.1, 0.15) is 12.4 Å². The second-order valence-corrected chi connectivity index (χ2v) is 6.12. The fourth-order valence-corrected chi connectivity index (χ4v) is 2.25. The van der Waals surface area contributed by atoms with Gasteiger partial charge in [0.2, 0.25) is 5.91 Å². The zero-order chi connectivity index (χ0) is 17.9. The third kappa shape index (κ3) is 7.68. The first-order valence-electron chi connectivity index (χ1n) is 8.51. The summed E-state index contributed by atoms with van der Waals surface area (Å²) in [5, 5.41) is 2.88. The van der Waals surface area contributed by atoms with E-state index in [1.54, 1.807) is 6.08 Å². The number of carbonyl (C=O) groups is 1. The van der Waals surface area contributed by atoms with Crippen LogP contribution in [0.1, 0.15) is 17.5 Å². The van der Waals surface area contributed by atoms with Gasteiger partial charge in [0.25, 0.3) is 0 Å². The lowest BCUT2D eigenvalue weighted by molar-refractivity contribution is -0.116. The van der Waals surface area contributed by atoms with E-state index in [-0.39, 0.29) is 5.91 Å². The maximum Gasteiger partial charge on any atom is 0.243 e. The van der Waals surface area contributed by atoms with Crippen molar-refractivity contribution in [2.24, 2.45) is 0 Å². The third-order valence-electron chi connectivity index (χ3n) is 3.64. The van der Waals surface area contributed by atoms with Crippen LogP contribution >= 0.6 is 0 Å². The molecule has 1 N–H and O–H groups in total. The SMILES string of the molecule is CN(C)CCCNC(=O)/C=C/c1ccc(OCc2ccccc2)cc1. The Bertz CT molecular complexity index is 664. The lowest BCUT2D eigenvalue weighted by atomic mass is 10.2. The van der Waals surface area contributed by atoms with Crippen molar-refractivity contribution < 1.29 is 9.53 Å². The Kier molecular flexibility index (Phi) is 7.73. The second kappa shape index (κ2) is 10.3. The smallest absolute Gasteiger partial charge is 0.243 e. The lowest BCUT2D eigenvalue weighted by Gasteiger charge is -2.08. The number of carbonyl (C=O) groups excluding carboxylic acids is 1. The molecule has 0 fully saturated rings. The minimum atomic E-state index is -0.0665. The van der Waals surface area contributed by atoms with Crippen LogP contribution in [0.3, 0.4) is 0 Å². The van der Waals surface area contributed by atoms with Gasteiger partial charge in [-0.25, -0.2) is 0 Å². The molecule has 132 valence electrons. The van der Waals surface area contributed by atoms with E-state index >= 15 is 0 Å². The summed E-state index contributed by atoms with van der Waals surface area (Å²) >= 11 is 0. The largest absolute Gasteiger partial charge is 0.489 e. The molecule has 0 spiro atoms. The number of hydrogen-bond donors (Lipinski definition) is 1. The molecule has 2 aromatic carbocycles. The number of benzene rings is 2. The van der Waals surface area contributed by atoms with Crippen molar-refractivity contribution in [1.29, 1.82) is 0 Å². The Hall–Kier alpha value is -2.59. The molecule has 2 rings (SSSR count). The Morgan fingerprint density at radius 1 is 1.08 bits per heavy atom. The Labute approximate surface area is 150 Å². The number of nitrogens with one attached hydrogen (secondary N) is 1. The molecular weight excluding hydrogens is 312 g/mol. The average Bonchev–Trinajstić information content (AvgIpc) is 2.63. The van der Waals surface area contributed by atoms with Gasteiger partial charge in [-0.15, -0.1) is 0 Å². The van der Waals surface area contributed by atoms with Gasteiger partial charge >= 0.3 is 0 Å². The molecule has 0 atom stereocenters. The van der Waals surface area contributed by atoms with Crippen LogP contribution in [0.15, 0.2) is 60.7 Å². The van der Waals surface area contributed by atoms with E-state index in [9.17, 15) is 4.79 Å². The summed E-state index contributed by atoms with van der Waals surface area (Å²) in [6.45, 7) is 2.20. The minimum absolute atomic E-state index is 0.0665. The first-order valence-corrected chi connectivity index (χ1v) is 8.51. The molecule has 2 aromatic rings. The molecule has 0 radical (unpaired) electrons. The van der Waals surface area contributed by atoms with Gasteiger partial charge in [0.15, 0.2) is 0 Å². The van der Waals surface area contributed by atoms with E-state index in [1.165, 1.54) is 0 Å². The Morgan fingerprint density at radius 3 is 2.48 bits per heavy atom. The van der Waals surface area contributed by atoms with Gasteiger partial charge < -0.3 is 15.0 Å². The van der Waals surface area contributed by atoms with Crippen molar-refractivity contribution in [3.8, 4) is 5.75 Å². The number of ether oxygens (including phenoxy) is 1. The van der Waals surface area contributed by atoms with Crippen LogP contribution < -0.4 is 10.1 Å². The topological polar surface area (TPSA) is 41.6 Å². The number of rotatable bonds is 9. The highest BCUT2D eigenvalue weighted by molar-refractivity contribution is 5.91. The molecule has 0 aromatic heterocycles. The third-order valence-corrected chi connectivity index (χ3v) is 3.64. The summed E-state index contributed by atoms with van der Waals surface area (Å²) in [5.74, 6) is 0.748. The molecule has 25 heavy (non-hydrogen) atoms. The first kappa shape index (κ1) is 18.7. The molecule has 0 bridgehead atoms. The summed E-state index contributed by atoms with van der Waals surface area (Å²) in [5.41, 5.74) is 2.10. The highest BCUT2D eigenvalue weighted by atomic mass is 16.5. The van der Waals surface area contributed by atoms with E-state index in [4.69, 9.17) is 4.74 Å². The second-order valence-electron chi connectivity index (χ2n) is 6.12. The van der Waals surface area contributed by atoms with E-state index in [0.29, 0.717) is 13.2 Å². The summed E-state index contributed by atoms with van der Waals surface area (Å²) < 4.78 is 5.75. The molecule has 0 unspecified atom stereocenters. The van der Waals surface area contributed by atoms with Crippen molar-refractivity contribution in [2.45, 2.75) is 13.0 Å². The van der Waals surface area contributed by atoms with Crippen LogP contribution in [-0.4, -0.2) is 38.0 Å². The van der Waals surface area contributed by atoms with Crippen molar-refractivity contribution in [3.63, 3.8) is 0 Å². The first-order chi connectivity index (χ1) is 12.1. The molecule has 0 saturated carbocycles. The fourth-order valence-electron chi connectivity index (χ4n) is 2.25. The number of hydrogen-bond acceptors (Lipinski definition) is 3. The predicted octanol–water partition coefficient (Wildman–Crippen LogP) is 3.35. The fraction of sp³-hybridized carbons (Fsp3) is 0.286. The van der Waals surface area contributed by atoms with Gasteiger partial charge in [-0.1, -0.05) is 42.5 Å². The summed E-state index contributed by atoms with van der Waals surface area (Å²) in [6, 6.07) is 17.8. The van der Waals surface area contributed by atoms with Crippen LogP contribution in [-0.2, 0) is 11.4 Å². The van der Waals surface area contributed by atoms with Gasteiger partial charge in [0, 0.05) is 12.6 Å². The maximum atomic E-state index is 11.8. The monoisotopic (exact) mass is 338 g/mol. The maximum absolute atomic E-state index is 11.8. The summed E-state index contributed by atoms with van der Waals surface area (Å²) in [4.78, 5) is 13.9. The average molecular weight is 338 g/mol. The van der Waals surface area contributed by atoms with Crippen molar-refractivity contribution in [3.05, 3.63) is 71.8 Å². The molecule has 0 aliphatic heterocycles. The van der Waals surface area contributed by atoms with E-state index < -0.39 is 0 Å². The molecule has 0 aliphatic carbocycles. The molecule has 4 nitrogen and oxygen atoms in total. The zero-order valence-corrected chi connectivity index (χ0v) is 14.9. The molecule has 0 saturated heterocycles. The normalized spacial score (nSPS) is 11.0. The van der Waals surface area contributed by atoms with Crippen LogP contribution in [0.4, 0.5) is 0 Å². The van der Waals surface area contributed by atoms with Crippen LogP contribution in [0.5, 0.6) is 5.75 Å². The predicted molar refractivity (Wildman–Crippen MR) is 102 cm³/mol. The van der Waals surface area contributed by atoms with Crippen molar-refractivity contribution in [2.75, 3.05) is 27.2 Å². The standard InChI is InChI=1S/C21H26N2O2/c1-23(2)16-6-15-22-21(24)14-11-18-9-12-20(13-10-18)25-17-19-7-4-3-5-8-19/h3-5,7-14H,6,15-17H2,1-2H3,(H,22,24)/b14-11+. The van der Waals surface area contributed by atoms with Gasteiger partial charge in [-0.05, 0) is 56.4 Å². The van der Waals surface area contributed by atoms with E-state index in [0.717, 1.165) is 29.8 Å². The van der Waals surface area contributed by atoms with Crippen molar-refractivity contribution in [1.82, 2.24) is 10.2 Å².